The molecule has 1 atom stereocenters. The summed E-state index contributed by atoms with van der Waals surface area (Å²) < 4.78 is 0. The molecule has 0 saturated carbocycles. The lowest BCUT2D eigenvalue weighted by atomic mass is 9.90. The molecule has 6 nitrogen and oxygen atoms in total. The summed E-state index contributed by atoms with van der Waals surface area (Å²) in [5, 5.41) is 9.13. The number of oxime groups is 1. The minimum absolute atomic E-state index is 0.120. The van der Waals surface area contributed by atoms with Crippen LogP contribution in [-0.2, 0) is 21.0 Å². The van der Waals surface area contributed by atoms with Gasteiger partial charge in [-0.1, -0.05) is 71.9 Å². The monoisotopic (exact) mass is 461 g/mol. The first-order chi connectivity index (χ1) is 16.2. The van der Waals surface area contributed by atoms with Gasteiger partial charge in [-0.2, -0.15) is 0 Å². The second-order valence-electron chi connectivity index (χ2n) is 7.81. The topological polar surface area (TPSA) is 71.0 Å². The zero-order valence-electron chi connectivity index (χ0n) is 18.5. The van der Waals surface area contributed by atoms with E-state index in [0.717, 1.165) is 16.0 Å². The van der Waals surface area contributed by atoms with E-state index in [-0.39, 0.29) is 18.4 Å². The minimum Gasteiger partial charge on any atom is -0.396 e. The van der Waals surface area contributed by atoms with Crippen molar-refractivity contribution in [2.45, 2.75) is 31.8 Å². The second kappa shape index (κ2) is 10.9. The van der Waals surface area contributed by atoms with E-state index in [1.807, 2.05) is 85.1 Å². The van der Waals surface area contributed by atoms with E-state index in [1.54, 1.807) is 16.2 Å². The molecule has 1 fully saturated rings. The summed E-state index contributed by atoms with van der Waals surface area (Å²) >= 11 is 1.59. The van der Waals surface area contributed by atoms with E-state index in [0.29, 0.717) is 25.3 Å². The van der Waals surface area contributed by atoms with Crippen molar-refractivity contribution in [2.75, 3.05) is 13.2 Å². The first-order valence-electron chi connectivity index (χ1n) is 11.1. The van der Waals surface area contributed by atoms with Crippen LogP contribution in [0.15, 0.2) is 83.3 Å². The summed E-state index contributed by atoms with van der Waals surface area (Å²) in [5.74, 6) is -0.810. The van der Waals surface area contributed by atoms with Crippen LogP contribution in [0.2, 0.25) is 0 Å². The molecule has 2 heterocycles. The van der Waals surface area contributed by atoms with Crippen molar-refractivity contribution in [3.63, 3.8) is 0 Å². The van der Waals surface area contributed by atoms with Crippen LogP contribution >= 0.6 is 11.3 Å². The number of amides is 2. The summed E-state index contributed by atoms with van der Waals surface area (Å²) in [6.45, 7) is 3.00. The van der Waals surface area contributed by atoms with Gasteiger partial charge >= 0.3 is 0 Å². The standard InChI is InChI=1S/C26H27N3O3S/c1-2-32-28-21-16-23(25(30)27-17-22-14-9-15-33-22)29(18-21)26(31)24(19-10-5-3-6-11-19)20-12-7-4-8-13-20/h3-15,23-24H,2,16-18H2,1H3,(H,27,30)/b28-21+/t23-/m0/s1. The maximum Gasteiger partial charge on any atom is 0.243 e. The molecule has 1 aliphatic heterocycles. The van der Waals surface area contributed by atoms with E-state index < -0.39 is 12.0 Å². The number of likely N-dealkylation sites (tertiary alicyclic amines) is 1. The molecule has 0 aliphatic carbocycles. The molecule has 33 heavy (non-hydrogen) atoms. The van der Waals surface area contributed by atoms with Gasteiger partial charge in [-0.25, -0.2) is 0 Å². The fourth-order valence-electron chi connectivity index (χ4n) is 4.03. The first-order valence-corrected chi connectivity index (χ1v) is 11.9. The molecule has 1 saturated heterocycles. The summed E-state index contributed by atoms with van der Waals surface area (Å²) in [4.78, 5) is 35.1. The Kier molecular flexibility index (Phi) is 7.52. The lowest BCUT2D eigenvalue weighted by Crippen LogP contribution is -2.47. The molecule has 7 heteroatoms. The first kappa shape index (κ1) is 22.7. The third-order valence-corrected chi connectivity index (χ3v) is 6.47. The Morgan fingerprint density at radius 1 is 1.06 bits per heavy atom. The average Bonchev–Trinajstić information content (AvgIpc) is 3.53. The smallest absolute Gasteiger partial charge is 0.243 e. The van der Waals surface area contributed by atoms with E-state index >= 15 is 0 Å². The van der Waals surface area contributed by atoms with Crippen LogP contribution in [0.1, 0.15) is 35.3 Å². The highest BCUT2D eigenvalue weighted by Gasteiger charge is 2.41. The highest BCUT2D eigenvalue weighted by atomic mass is 32.1. The van der Waals surface area contributed by atoms with Gasteiger partial charge in [0.15, 0.2) is 0 Å². The fourth-order valence-corrected chi connectivity index (χ4v) is 4.68. The largest absolute Gasteiger partial charge is 0.396 e. The van der Waals surface area contributed by atoms with Crippen molar-refractivity contribution in [1.29, 1.82) is 0 Å². The van der Waals surface area contributed by atoms with Gasteiger partial charge in [0.05, 0.1) is 24.7 Å². The van der Waals surface area contributed by atoms with Gasteiger partial charge in [0.25, 0.3) is 0 Å². The van der Waals surface area contributed by atoms with Crippen molar-refractivity contribution >= 4 is 28.9 Å². The number of benzene rings is 2. The predicted molar refractivity (Wildman–Crippen MR) is 130 cm³/mol. The van der Waals surface area contributed by atoms with Gasteiger partial charge in [0, 0.05) is 11.3 Å². The molecule has 4 rings (SSSR count). The molecule has 0 bridgehead atoms. The molecule has 0 radical (unpaired) electrons. The van der Waals surface area contributed by atoms with Crippen molar-refractivity contribution < 1.29 is 14.4 Å². The lowest BCUT2D eigenvalue weighted by Gasteiger charge is -2.28. The number of carbonyl (C=O) groups excluding carboxylic acids is 2. The second-order valence-corrected chi connectivity index (χ2v) is 8.85. The van der Waals surface area contributed by atoms with Crippen LogP contribution in [0, 0.1) is 0 Å². The van der Waals surface area contributed by atoms with Crippen molar-refractivity contribution in [3.05, 3.63) is 94.2 Å². The van der Waals surface area contributed by atoms with Gasteiger partial charge in [-0.05, 0) is 29.5 Å². The maximum atomic E-state index is 14.0. The molecule has 2 amide bonds. The number of nitrogens with one attached hydrogen (secondary N) is 1. The molecular formula is C26H27N3O3S. The van der Waals surface area contributed by atoms with E-state index in [4.69, 9.17) is 4.84 Å². The Hall–Kier alpha value is -3.45. The van der Waals surface area contributed by atoms with Gasteiger partial charge in [0.2, 0.25) is 11.8 Å². The van der Waals surface area contributed by atoms with Crippen LogP contribution in [0.4, 0.5) is 0 Å². The van der Waals surface area contributed by atoms with Crippen LogP contribution in [0.25, 0.3) is 0 Å². The van der Waals surface area contributed by atoms with Gasteiger partial charge in [0.1, 0.15) is 12.6 Å². The Balaban J connectivity index is 1.62. The normalized spacial score (nSPS) is 16.8. The van der Waals surface area contributed by atoms with E-state index in [9.17, 15) is 9.59 Å². The zero-order valence-corrected chi connectivity index (χ0v) is 19.3. The molecule has 170 valence electrons. The summed E-state index contributed by atoms with van der Waals surface area (Å²) in [6, 6.07) is 22.7. The number of carbonyl (C=O) groups is 2. The molecule has 1 aromatic heterocycles. The lowest BCUT2D eigenvalue weighted by molar-refractivity contribution is -0.138. The summed E-state index contributed by atoms with van der Waals surface area (Å²) in [6.07, 6.45) is 0.359. The summed E-state index contributed by atoms with van der Waals surface area (Å²) in [7, 11) is 0. The fraction of sp³-hybridized carbons (Fsp3) is 0.269. The number of hydrogen-bond donors (Lipinski definition) is 1. The minimum atomic E-state index is -0.633. The van der Waals surface area contributed by atoms with Crippen molar-refractivity contribution in [1.82, 2.24) is 10.2 Å². The van der Waals surface area contributed by atoms with E-state index in [2.05, 4.69) is 10.5 Å². The van der Waals surface area contributed by atoms with Crippen LogP contribution in [0.5, 0.6) is 0 Å². The zero-order chi connectivity index (χ0) is 23.0. The SMILES string of the molecule is CCO/N=C1\C[C@@H](C(=O)NCc2cccs2)N(C(=O)C(c2ccccc2)c2ccccc2)C1. The number of thiophene rings is 1. The van der Waals surface area contributed by atoms with Crippen LogP contribution in [-0.4, -0.2) is 41.6 Å². The molecular weight excluding hydrogens is 434 g/mol. The Morgan fingerprint density at radius 3 is 2.30 bits per heavy atom. The predicted octanol–water partition coefficient (Wildman–Crippen LogP) is 4.19. The highest BCUT2D eigenvalue weighted by molar-refractivity contribution is 7.09. The Bertz CT molecular complexity index is 1040. The Labute approximate surface area is 197 Å². The van der Waals surface area contributed by atoms with E-state index in [1.165, 1.54) is 0 Å². The Morgan fingerprint density at radius 2 is 1.73 bits per heavy atom. The number of rotatable bonds is 8. The molecule has 2 aromatic carbocycles. The van der Waals surface area contributed by atoms with Gasteiger partial charge in [-0.3, -0.25) is 9.59 Å². The quantitative estimate of drug-likeness (QED) is 0.512. The van der Waals surface area contributed by atoms with Crippen LogP contribution in [0.3, 0.4) is 0 Å². The average molecular weight is 462 g/mol. The molecule has 1 N–H and O–H groups in total. The van der Waals surface area contributed by atoms with Crippen LogP contribution < -0.4 is 5.32 Å². The third-order valence-electron chi connectivity index (χ3n) is 5.60. The van der Waals surface area contributed by atoms with Gasteiger partial charge in [-0.15, -0.1) is 11.3 Å². The van der Waals surface area contributed by atoms with Crippen molar-refractivity contribution in [3.8, 4) is 0 Å². The summed E-state index contributed by atoms with van der Waals surface area (Å²) in [5.41, 5.74) is 2.48. The number of nitrogens with zero attached hydrogens (tertiary/aromatic N) is 2. The third kappa shape index (κ3) is 5.49. The maximum absolute atomic E-state index is 14.0. The molecule has 1 aliphatic rings. The molecule has 0 spiro atoms. The number of hydrogen-bond acceptors (Lipinski definition) is 5. The highest BCUT2D eigenvalue weighted by Crippen LogP contribution is 2.30. The molecule has 3 aromatic rings. The van der Waals surface area contributed by atoms with Gasteiger partial charge < -0.3 is 15.1 Å². The van der Waals surface area contributed by atoms with Crippen molar-refractivity contribution in [2.24, 2.45) is 5.16 Å². The molecule has 0 unspecified atom stereocenters.